The Morgan fingerprint density at radius 3 is 2.79 bits per heavy atom. The van der Waals surface area contributed by atoms with Crippen LogP contribution in [-0.4, -0.2) is 37.3 Å². The molecule has 0 aromatic rings. The van der Waals surface area contributed by atoms with Crippen LogP contribution in [-0.2, 0) is 14.3 Å². The number of aliphatic hydroxyl groups is 1. The highest BCUT2D eigenvalue weighted by Gasteiger charge is 2.64. The lowest BCUT2D eigenvalue weighted by Gasteiger charge is -2.56. The Hall–Kier alpha value is -1.64. The Balaban J connectivity index is 2.42. The van der Waals surface area contributed by atoms with Crippen molar-refractivity contribution in [2.75, 3.05) is 20.8 Å². The minimum absolute atomic E-state index is 0.0298. The van der Waals surface area contributed by atoms with Crippen LogP contribution in [0.2, 0.25) is 0 Å². The summed E-state index contributed by atoms with van der Waals surface area (Å²) in [5.74, 6) is 0.00722. The van der Waals surface area contributed by atoms with Gasteiger partial charge in [-0.15, -0.1) is 0 Å². The lowest BCUT2D eigenvalue weighted by molar-refractivity contribution is -0.118. The molecule has 5 heteroatoms. The zero-order valence-electron chi connectivity index (χ0n) is 11.1. The number of ketones is 1. The van der Waals surface area contributed by atoms with E-state index in [9.17, 15) is 10.1 Å². The number of fused-ring (bicyclic) bond motifs is 1. The van der Waals surface area contributed by atoms with Gasteiger partial charge in [0.15, 0.2) is 5.76 Å². The van der Waals surface area contributed by atoms with Crippen LogP contribution in [0.25, 0.3) is 0 Å². The van der Waals surface area contributed by atoms with Crippen molar-refractivity contribution in [1.29, 1.82) is 5.26 Å². The molecule has 2 aliphatic rings. The van der Waals surface area contributed by atoms with Crippen molar-refractivity contribution in [2.24, 2.45) is 5.41 Å². The topological polar surface area (TPSA) is 79.5 Å². The molecule has 5 nitrogen and oxygen atoms in total. The summed E-state index contributed by atoms with van der Waals surface area (Å²) in [6.45, 7) is 0.0298. The van der Waals surface area contributed by atoms with Gasteiger partial charge in [0.2, 0.25) is 5.78 Å². The molecule has 19 heavy (non-hydrogen) atoms. The van der Waals surface area contributed by atoms with E-state index < -0.39 is 11.0 Å². The van der Waals surface area contributed by atoms with Gasteiger partial charge in [-0.2, -0.15) is 5.26 Å². The summed E-state index contributed by atoms with van der Waals surface area (Å²) < 4.78 is 10.6. The summed E-state index contributed by atoms with van der Waals surface area (Å²) >= 11 is 0. The summed E-state index contributed by atoms with van der Waals surface area (Å²) in [6.07, 6.45) is 4.64. The van der Waals surface area contributed by atoms with Crippen molar-refractivity contribution in [3.8, 4) is 6.07 Å². The number of methoxy groups -OCH3 is 2. The molecule has 1 N–H and O–H groups in total. The maximum atomic E-state index is 11.7. The van der Waals surface area contributed by atoms with Crippen molar-refractivity contribution in [3.63, 3.8) is 0 Å². The average Bonchev–Trinajstić information content (AvgIpc) is 2.42. The van der Waals surface area contributed by atoms with E-state index in [1.54, 1.807) is 6.08 Å². The van der Waals surface area contributed by atoms with Crippen LogP contribution in [0.1, 0.15) is 19.3 Å². The van der Waals surface area contributed by atoms with Crippen LogP contribution in [0.4, 0.5) is 0 Å². The second kappa shape index (κ2) is 4.80. The number of carbonyl (C=O) groups is 1. The Kier molecular flexibility index (Phi) is 3.48. The molecule has 2 unspecified atom stereocenters. The van der Waals surface area contributed by atoms with Crippen molar-refractivity contribution in [1.82, 2.24) is 0 Å². The van der Waals surface area contributed by atoms with Gasteiger partial charge in [-0.3, -0.25) is 4.79 Å². The highest BCUT2D eigenvalue weighted by molar-refractivity contribution is 6.05. The Labute approximate surface area is 112 Å². The number of carbonyl (C=O) groups excluding carboxylic acids is 1. The average molecular weight is 263 g/mol. The van der Waals surface area contributed by atoms with E-state index in [4.69, 9.17) is 14.6 Å². The van der Waals surface area contributed by atoms with Crippen LogP contribution < -0.4 is 0 Å². The third kappa shape index (κ3) is 1.71. The van der Waals surface area contributed by atoms with Crippen LogP contribution in [0.15, 0.2) is 23.5 Å². The van der Waals surface area contributed by atoms with Crippen LogP contribution in [0, 0.1) is 16.7 Å². The number of rotatable bonds is 5. The number of nitriles is 1. The molecule has 1 fully saturated rings. The predicted molar refractivity (Wildman–Crippen MR) is 66.9 cm³/mol. The lowest BCUT2D eigenvalue weighted by atomic mass is 9.51. The van der Waals surface area contributed by atoms with Gasteiger partial charge in [0.1, 0.15) is 5.60 Å². The number of aliphatic hydroxyl groups excluding tert-OH is 1. The highest BCUT2D eigenvalue weighted by atomic mass is 16.5. The van der Waals surface area contributed by atoms with Gasteiger partial charge < -0.3 is 14.6 Å². The third-order valence-electron chi connectivity index (χ3n) is 4.08. The number of ether oxygens (including phenoxy) is 2. The van der Waals surface area contributed by atoms with Crippen molar-refractivity contribution >= 4 is 5.78 Å². The lowest BCUT2D eigenvalue weighted by Crippen LogP contribution is -2.60. The summed E-state index contributed by atoms with van der Waals surface area (Å²) in [7, 11) is 2.95. The first-order chi connectivity index (χ1) is 9.09. The van der Waals surface area contributed by atoms with Gasteiger partial charge in [-0.05, 0) is 37.0 Å². The van der Waals surface area contributed by atoms with Gasteiger partial charge in [0, 0.05) is 13.7 Å². The predicted octanol–water partition coefficient (Wildman–Crippen LogP) is 1.10. The van der Waals surface area contributed by atoms with E-state index in [0.29, 0.717) is 19.3 Å². The summed E-state index contributed by atoms with van der Waals surface area (Å²) in [5, 5.41) is 18.5. The Bertz CT molecular complexity index is 502. The fourth-order valence-corrected chi connectivity index (χ4v) is 3.04. The molecule has 0 bridgehead atoms. The first kappa shape index (κ1) is 13.8. The second-order valence-corrected chi connectivity index (χ2v) is 4.88. The molecule has 0 heterocycles. The van der Waals surface area contributed by atoms with E-state index >= 15 is 0 Å². The molecule has 0 aromatic carbocycles. The largest absolute Gasteiger partial charge is 0.493 e. The monoisotopic (exact) mass is 263 g/mol. The van der Waals surface area contributed by atoms with E-state index in [0.717, 1.165) is 5.57 Å². The molecule has 0 radical (unpaired) electrons. The molecule has 102 valence electrons. The number of allylic oxidation sites excluding steroid dienone is 1. The first-order valence-corrected chi connectivity index (χ1v) is 6.18. The number of nitrogens with zero attached hydrogens (tertiary/aromatic N) is 1. The molecule has 0 spiro atoms. The molecule has 2 rings (SSSR count). The van der Waals surface area contributed by atoms with E-state index in [2.05, 4.69) is 6.07 Å². The van der Waals surface area contributed by atoms with Gasteiger partial charge in [0.25, 0.3) is 0 Å². The quantitative estimate of drug-likeness (QED) is 0.803. The fraction of sp³-hybridized carbons (Fsp3) is 0.571. The third-order valence-corrected chi connectivity index (χ3v) is 4.08. The Morgan fingerprint density at radius 1 is 1.53 bits per heavy atom. The van der Waals surface area contributed by atoms with E-state index in [1.165, 1.54) is 20.3 Å². The second-order valence-electron chi connectivity index (χ2n) is 4.88. The number of hydrogen-bond donors (Lipinski definition) is 1. The van der Waals surface area contributed by atoms with Gasteiger partial charge >= 0.3 is 0 Å². The molecular weight excluding hydrogens is 246 g/mol. The smallest absolute Gasteiger partial charge is 0.220 e. The molecule has 2 aliphatic carbocycles. The standard InChI is InChI=1S/C14H17NO4/c1-18-12-8-14(19-2)10(6-11(12)17)7-13(14,9-15)4-3-5-16/h6,8,16H,3-5,7H2,1-2H3. The molecule has 0 aromatic heterocycles. The Morgan fingerprint density at radius 2 is 2.26 bits per heavy atom. The van der Waals surface area contributed by atoms with E-state index in [-0.39, 0.29) is 18.1 Å². The molecule has 0 aliphatic heterocycles. The first-order valence-electron chi connectivity index (χ1n) is 6.18. The normalized spacial score (nSPS) is 32.6. The van der Waals surface area contributed by atoms with Crippen LogP contribution in [0.3, 0.4) is 0 Å². The van der Waals surface area contributed by atoms with Crippen molar-refractivity contribution in [2.45, 2.75) is 24.9 Å². The zero-order chi connectivity index (χ0) is 14.1. The highest BCUT2D eigenvalue weighted by Crippen LogP contribution is 2.60. The van der Waals surface area contributed by atoms with E-state index in [1.807, 2.05) is 0 Å². The maximum Gasteiger partial charge on any atom is 0.220 e. The van der Waals surface area contributed by atoms with Crippen LogP contribution in [0.5, 0.6) is 0 Å². The van der Waals surface area contributed by atoms with Crippen molar-refractivity contribution in [3.05, 3.63) is 23.5 Å². The summed E-state index contributed by atoms with van der Waals surface area (Å²) in [5.41, 5.74) is -0.822. The minimum Gasteiger partial charge on any atom is -0.493 e. The summed E-state index contributed by atoms with van der Waals surface area (Å²) in [4.78, 5) is 11.7. The molecule has 0 amide bonds. The fourth-order valence-electron chi connectivity index (χ4n) is 3.04. The van der Waals surface area contributed by atoms with Gasteiger partial charge in [-0.25, -0.2) is 0 Å². The van der Waals surface area contributed by atoms with Gasteiger partial charge in [-0.1, -0.05) is 0 Å². The van der Waals surface area contributed by atoms with Crippen LogP contribution >= 0.6 is 0 Å². The van der Waals surface area contributed by atoms with Gasteiger partial charge in [0.05, 0.1) is 18.6 Å². The maximum absolute atomic E-state index is 11.7. The number of hydrogen-bond acceptors (Lipinski definition) is 5. The molecule has 0 saturated heterocycles. The van der Waals surface area contributed by atoms with Crippen molar-refractivity contribution < 1.29 is 19.4 Å². The molecule has 1 saturated carbocycles. The minimum atomic E-state index is -0.893. The molecular formula is C14H17NO4. The SMILES string of the molecule is COC1=CC2(OC)C(=CC1=O)CC2(C#N)CCCO. The molecule has 2 atom stereocenters. The summed E-state index contributed by atoms with van der Waals surface area (Å²) in [6, 6.07) is 2.31. The zero-order valence-corrected chi connectivity index (χ0v) is 11.1.